The third-order valence-electron chi connectivity index (χ3n) is 5.83. The van der Waals surface area contributed by atoms with E-state index in [-0.39, 0.29) is 24.2 Å². The van der Waals surface area contributed by atoms with E-state index in [1.54, 1.807) is 11.9 Å². The quantitative estimate of drug-likeness (QED) is 0.494. The average Bonchev–Trinajstić information content (AvgIpc) is 2.88. The number of hydrogen-bond donors (Lipinski definition) is 1. The number of nitrogens with zero attached hydrogens (tertiary/aromatic N) is 1. The van der Waals surface area contributed by atoms with Crippen LogP contribution in [0.25, 0.3) is 0 Å². The van der Waals surface area contributed by atoms with Gasteiger partial charge in [0.15, 0.2) is 0 Å². The van der Waals surface area contributed by atoms with Gasteiger partial charge >= 0.3 is 0 Å². The van der Waals surface area contributed by atoms with Crippen LogP contribution in [0.5, 0.6) is 0 Å². The van der Waals surface area contributed by atoms with E-state index in [0.717, 1.165) is 16.7 Å². The molecule has 1 amide bonds. The van der Waals surface area contributed by atoms with Gasteiger partial charge < -0.3 is 14.2 Å². The Morgan fingerprint density at radius 3 is 1.82 bits per heavy atom. The maximum Gasteiger partial charge on any atom is 0.233 e. The van der Waals surface area contributed by atoms with Crippen molar-refractivity contribution in [1.29, 1.82) is 0 Å². The SMILES string of the molecule is CC(=O)N1C[C@H](OCc2ccccc2)[C@@H](OCc2ccccc2)[C@H](COCc2ccccc2)N1. The maximum absolute atomic E-state index is 12.3. The summed E-state index contributed by atoms with van der Waals surface area (Å²) in [6.07, 6.45) is -0.602. The van der Waals surface area contributed by atoms with Crippen molar-refractivity contribution in [1.82, 2.24) is 10.4 Å². The highest BCUT2D eigenvalue weighted by Gasteiger charge is 2.39. The molecule has 1 aliphatic heterocycles. The summed E-state index contributed by atoms with van der Waals surface area (Å²) < 4.78 is 18.8. The third kappa shape index (κ3) is 6.98. The Hall–Kier alpha value is -3.03. The van der Waals surface area contributed by atoms with E-state index in [1.807, 2.05) is 91.0 Å². The van der Waals surface area contributed by atoms with Crippen LogP contribution in [-0.2, 0) is 38.8 Å². The van der Waals surface area contributed by atoms with Crippen molar-refractivity contribution in [2.45, 2.75) is 45.0 Å². The summed E-state index contributed by atoms with van der Waals surface area (Å²) in [7, 11) is 0. The van der Waals surface area contributed by atoms with Gasteiger partial charge in [0.2, 0.25) is 5.91 Å². The standard InChI is InChI=1S/C28H32N2O4/c1-22(31)30-17-27(33-19-24-13-7-3-8-14-24)28(34-20-25-15-9-4-10-16-25)26(29-30)21-32-18-23-11-5-2-6-12-23/h2-16,26-29H,17-21H2,1H3/t26-,27-,28-/m0/s1. The molecule has 0 radical (unpaired) electrons. The molecular weight excluding hydrogens is 428 g/mol. The number of carbonyl (C=O) groups excluding carboxylic acids is 1. The van der Waals surface area contributed by atoms with Crippen LogP contribution in [0.4, 0.5) is 0 Å². The molecule has 6 nitrogen and oxygen atoms in total. The summed E-state index contributed by atoms with van der Waals surface area (Å²) in [4.78, 5) is 12.3. The van der Waals surface area contributed by atoms with E-state index in [0.29, 0.717) is 33.0 Å². The van der Waals surface area contributed by atoms with Crippen LogP contribution in [0, 0.1) is 0 Å². The second kappa shape index (κ2) is 12.4. The molecule has 1 fully saturated rings. The Labute approximate surface area is 201 Å². The van der Waals surface area contributed by atoms with Gasteiger partial charge in [-0.05, 0) is 16.7 Å². The number of rotatable bonds is 10. The zero-order valence-electron chi connectivity index (χ0n) is 19.5. The van der Waals surface area contributed by atoms with Crippen LogP contribution in [-0.4, -0.2) is 42.3 Å². The van der Waals surface area contributed by atoms with Crippen LogP contribution < -0.4 is 5.43 Å². The van der Waals surface area contributed by atoms with Gasteiger partial charge in [-0.25, -0.2) is 5.43 Å². The first-order valence-corrected chi connectivity index (χ1v) is 11.7. The molecule has 0 unspecified atom stereocenters. The van der Waals surface area contributed by atoms with Crippen molar-refractivity contribution in [3.63, 3.8) is 0 Å². The molecule has 0 aromatic heterocycles. The number of amides is 1. The molecule has 1 N–H and O–H groups in total. The van der Waals surface area contributed by atoms with Crippen molar-refractivity contribution in [3.05, 3.63) is 108 Å². The molecule has 0 spiro atoms. The van der Waals surface area contributed by atoms with Gasteiger partial charge in [-0.1, -0.05) is 91.0 Å². The van der Waals surface area contributed by atoms with Crippen molar-refractivity contribution >= 4 is 5.91 Å². The Kier molecular flexibility index (Phi) is 8.82. The summed E-state index contributed by atoms with van der Waals surface area (Å²) in [6, 6.07) is 29.9. The number of hydrogen-bond acceptors (Lipinski definition) is 5. The first-order chi connectivity index (χ1) is 16.7. The van der Waals surface area contributed by atoms with E-state index in [2.05, 4.69) is 5.43 Å². The lowest BCUT2D eigenvalue weighted by Crippen LogP contribution is -2.66. The predicted molar refractivity (Wildman–Crippen MR) is 130 cm³/mol. The van der Waals surface area contributed by atoms with Gasteiger partial charge in [-0.3, -0.25) is 9.80 Å². The molecule has 0 saturated carbocycles. The minimum atomic E-state index is -0.306. The van der Waals surface area contributed by atoms with Crippen LogP contribution in [0.15, 0.2) is 91.0 Å². The molecule has 1 heterocycles. The average molecular weight is 461 g/mol. The van der Waals surface area contributed by atoms with Gasteiger partial charge in [0.25, 0.3) is 0 Å². The molecule has 34 heavy (non-hydrogen) atoms. The first kappa shape index (κ1) is 24.1. The number of carbonyl (C=O) groups is 1. The Morgan fingerprint density at radius 1 is 0.794 bits per heavy atom. The second-order valence-electron chi connectivity index (χ2n) is 8.46. The maximum atomic E-state index is 12.3. The lowest BCUT2D eigenvalue weighted by atomic mass is 10.0. The van der Waals surface area contributed by atoms with Crippen molar-refractivity contribution in [3.8, 4) is 0 Å². The number of hydrazine groups is 1. The summed E-state index contributed by atoms with van der Waals surface area (Å²) in [5, 5.41) is 1.61. The van der Waals surface area contributed by atoms with Crippen molar-refractivity contribution < 1.29 is 19.0 Å². The summed E-state index contributed by atoms with van der Waals surface area (Å²) in [5.41, 5.74) is 6.57. The highest BCUT2D eigenvalue weighted by atomic mass is 16.5. The van der Waals surface area contributed by atoms with Gasteiger partial charge in [0.1, 0.15) is 12.2 Å². The van der Waals surface area contributed by atoms with Crippen LogP contribution in [0.3, 0.4) is 0 Å². The summed E-state index contributed by atoms with van der Waals surface area (Å²) in [6.45, 7) is 3.71. The van der Waals surface area contributed by atoms with Gasteiger partial charge in [-0.2, -0.15) is 0 Å². The van der Waals surface area contributed by atoms with E-state index < -0.39 is 0 Å². The second-order valence-corrected chi connectivity index (χ2v) is 8.46. The minimum absolute atomic E-state index is 0.0668. The Balaban J connectivity index is 1.47. The highest BCUT2D eigenvalue weighted by molar-refractivity contribution is 5.72. The lowest BCUT2D eigenvalue weighted by molar-refractivity contribution is -0.170. The molecule has 4 rings (SSSR count). The molecule has 0 aliphatic carbocycles. The molecule has 1 saturated heterocycles. The monoisotopic (exact) mass is 460 g/mol. The molecule has 3 atom stereocenters. The Bertz CT molecular complexity index is 1000. The minimum Gasteiger partial charge on any atom is -0.375 e. The fourth-order valence-corrected chi connectivity index (χ4v) is 4.01. The summed E-state index contributed by atoms with van der Waals surface area (Å²) >= 11 is 0. The topological polar surface area (TPSA) is 60.0 Å². The molecule has 3 aromatic rings. The zero-order valence-corrected chi connectivity index (χ0v) is 19.5. The fourth-order valence-electron chi connectivity index (χ4n) is 4.01. The van der Waals surface area contributed by atoms with E-state index in [9.17, 15) is 4.79 Å². The molecule has 0 bridgehead atoms. The van der Waals surface area contributed by atoms with E-state index in [1.165, 1.54) is 0 Å². The van der Waals surface area contributed by atoms with Gasteiger partial charge in [0.05, 0.1) is 39.0 Å². The molecular formula is C28H32N2O4. The zero-order chi connectivity index (χ0) is 23.6. The third-order valence-corrected chi connectivity index (χ3v) is 5.83. The van der Waals surface area contributed by atoms with Gasteiger partial charge in [0, 0.05) is 6.92 Å². The first-order valence-electron chi connectivity index (χ1n) is 11.7. The summed E-state index contributed by atoms with van der Waals surface area (Å²) in [5.74, 6) is -0.0668. The predicted octanol–water partition coefficient (Wildman–Crippen LogP) is 4.11. The normalized spacial score (nSPS) is 20.3. The molecule has 178 valence electrons. The van der Waals surface area contributed by atoms with E-state index in [4.69, 9.17) is 14.2 Å². The van der Waals surface area contributed by atoms with E-state index >= 15 is 0 Å². The van der Waals surface area contributed by atoms with Gasteiger partial charge in [-0.15, -0.1) is 0 Å². The molecule has 1 aliphatic rings. The lowest BCUT2D eigenvalue weighted by Gasteiger charge is -2.43. The number of ether oxygens (including phenoxy) is 3. The fraction of sp³-hybridized carbons (Fsp3) is 0.321. The number of benzene rings is 3. The van der Waals surface area contributed by atoms with Crippen LogP contribution in [0.2, 0.25) is 0 Å². The van der Waals surface area contributed by atoms with Crippen molar-refractivity contribution in [2.24, 2.45) is 0 Å². The van der Waals surface area contributed by atoms with Crippen molar-refractivity contribution in [2.75, 3.05) is 13.2 Å². The Morgan fingerprint density at radius 2 is 1.29 bits per heavy atom. The highest BCUT2D eigenvalue weighted by Crippen LogP contribution is 2.21. The molecule has 3 aromatic carbocycles. The van der Waals surface area contributed by atoms with Crippen LogP contribution in [0.1, 0.15) is 23.6 Å². The largest absolute Gasteiger partial charge is 0.375 e. The molecule has 6 heteroatoms. The number of nitrogens with one attached hydrogen (secondary N) is 1. The smallest absolute Gasteiger partial charge is 0.233 e. The van der Waals surface area contributed by atoms with Crippen LogP contribution >= 0.6 is 0 Å².